The average Bonchev–Trinajstić information content (AvgIpc) is 3.08. The van der Waals surface area contributed by atoms with Gasteiger partial charge in [0.1, 0.15) is 5.52 Å². The van der Waals surface area contributed by atoms with Crippen molar-refractivity contribution in [2.75, 3.05) is 18.2 Å². The van der Waals surface area contributed by atoms with Crippen LogP contribution in [0.2, 0.25) is 0 Å². The molecule has 3 rings (SSSR count). The molecule has 0 atom stereocenters. The molecule has 9 nitrogen and oxygen atoms in total. The van der Waals surface area contributed by atoms with Crippen molar-refractivity contribution in [3.05, 3.63) is 45.9 Å². The molecule has 0 saturated heterocycles. The highest BCUT2D eigenvalue weighted by molar-refractivity contribution is 7.99. The van der Waals surface area contributed by atoms with Crippen molar-refractivity contribution >= 4 is 40.4 Å². The van der Waals surface area contributed by atoms with Gasteiger partial charge in [-0.2, -0.15) is 5.10 Å². The number of fused-ring (bicyclic) bond motifs is 1. The number of benzene rings is 1. The fraction of sp³-hybridized carbons (Fsp3) is 0.350. The zero-order chi connectivity index (χ0) is 21.8. The molecule has 3 aromatic rings. The van der Waals surface area contributed by atoms with E-state index in [0.29, 0.717) is 46.2 Å². The van der Waals surface area contributed by atoms with Crippen molar-refractivity contribution < 1.29 is 14.3 Å². The first-order valence-electron chi connectivity index (χ1n) is 9.48. The number of esters is 1. The number of aryl methyl sites for hydroxylation is 2. The number of aromatic nitrogens is 4. The lowest BCUT2D eigenvalue weighted by atomic mass is 10.2. The van der Waals surface area contributed by atoms with Crippen LogP contribution in [0, 0.1) is 6.92 Å². The van der Waals surface area contributed by atoms with Crippen LogP contribution in [0.1, 0.15) is 29.9 Å². The standard InChI is InChI=1S/C20H23N5O4S/c1-5-24-18(27)17-16(12(3)23-25(17)6-2)22-20(24)30-11-15(26)21-14-9-7-13(8-10-14)19(28)29-4/h7-10H,5-6,11H2,1-4H3,(H,21,26). The van der Waals surface area contributed by atoms with Crippen LogP contribution in [-0.2, 0) is 22.6 Å². The molecule has 30 heavy (non-hydrogen) atoms. The van der Waals surface area contributed by atoms with Crippen molar-refractivity contribution in [2.24, 2.45) is 0 Å². The molecule has 1 amide bonds. The molecular weight excluding hydrogens is 406 g/mol. The van der Waals surface area contributed by atoms with Gasteiger partial charge in [-0.15, -0.1) is 0 Å². The highest BCUT2D eigenvalue weighted by Gasteiger charge is 2.18. The molecular formula is C20H23N5O4S. The maximum atomic E-state index is 12.9. The number of carbonyl (C=O) groups excluding carboxylic acids is 2. The Kier molecular flexibility index (Phi) is 6.56. The monoisotopic (exact) mass is 429 g/mol. The molecule has 2 aromatic heterocycles. The SMILES string of the molecule is CCn1c(SCC(=O)Nc2ccc(C(=O)OC)cc2)nc2c(C)nn(CC)c2c1=O. The minimum absolute atomic E-state index is 0.0810. The average molecular weight is 430 g/mol. The van der Waals surface area contributed by atoms with Crippen molar-refractivity contribution in [3.63, 3.8) is 0 Å². The third kappa shape index (κ3) is 4.23. The summed E-state index contributed by atoms with van der Waals surface area (Å²) >= 11 is 1.19. The Morgan fingerprint density at radius 1 is 1.17 bits per heavy atom. The van der Waals surface area contributed by atoms with Crippen LogP contribution in [0.15, 0.2) is 34.2 Å². The van der Waals surface area contributed by atoms with Gasteiger partial charge < -0.3 is 10.1 Å². The quantitative estimate of drug-likeness (QED) is 0.349. The van der Waals surface area contributed by atoms with Gasteiger partial charge in [-0.1, -0.05) is 11.8 Å². The van der Waals surface area contributed by atoms with Crippen LogP contribution in [-0.4, -0.2) is 44.1 Å². The van der Waals surface area contributed by atoms with Crippen LogP contribution < -0.4 is 10.9 Å². The summed E-state index contributed by atoms with van der Waals surface area (Å²) in [6.07, 6.45) is 0. The van der Waals surface area contributed by atoms with Gasteiger partial charge in [-0.05, 0) is 45.0 Å². The molecule has 0 fully saturated rings. The highest BCUT2D eigenvalue weighted by atomic mass is 32.2. The summed E-state index contributed by atoms with van der Waals surface area (Å²) in [7, 11) is 1.31. The van der Waals surface area contributed by atoms with Crippen molar-refractivity contribution in [2.45, 2.75) is 39.0 Å². The zero-order valence-electron chi connectivity index (χ0n) is 17.3. The predicted molar refractivity (Wildman–Crippen MR) is 115 cm³/mol. The van der Waals surface area contributed by atoms with Gasteiger partial charge in [0.2, 0.25) is 5.91 Å². The van der Waals surface area contributed by atoms with E-state index in [1.54, 1.807) is 33.5 Å². The number of rotatable bonds is 7. The van der Waals surface area contributed by atoms with Crippen LogP contribution >= 0.6 is 11.8 Å². The second-order valence-electron chi connectivity index (χ2n) is 6.45. The first kappa shape index (κ1) is 21.6. The number of nitrogens with zero attached hydrogens (tertiary/aromatic N) is 4. The number of hydrogen-bond donors (Lipinski definition) is 1. The Balaban J connectivity index is 1.76. The second-order valence-corrected chi connectivity index (χ2v) is 7.39. The van der Waals surface area contributed by atoms with Gasteiger partial charge in [0, 0.05) is 18.8 Å². The van der Waals surface area contributed by atoms with Crippen LogP contribution in [0.5, 0.6) is 0 Å². The number of methoxy groups -OCH3 is 1. The molecule has 0 saturated carbocycles. The molecule has 0 aliphatic carbocycles. The molecule has 1 N–H and O–H groups in total. The fourth-order valence-corrected chi connectivity index (χ4v) is 3.90. The van der Waals surface area contributed by atoms with E-state index in [9.17, 15) is 14.4 Å². The number of anilines is 1. The van der Waals surface area contributed by atoms with Crippen molar-refractivity contribution in [1.29, 1.82) is 0 Å². The number of thioether (sulfide) groups is 1. The Labute approximate surface area is 177 Å². The number of hydrogen-bond acceptors (Lipinski definition) is 7. The van der Waals surface area contributed by atoms with E-state index in [4.69, 9.17) is 0 Å². The lowest BCUT2D eigenvalue weighted by molar-refractivity contribution is -0.113. The molecule has 0 unspecified atom stereocenters. The van der Waals surface area contributed by atoms with Gasteiger partial charge in [-0.25, -0.2) is 9.78 Å². The summed E-state index contributed by atoms with van der Waals surface area (Å²) in [5.74, 6) is -0.606. The smallest absolute Gasteiger partial charge is 0.337 e. The lowest BCUT2D eigenvalue weighted by Gasteiger charge is -2.11. The summed E-state index contributed by atoms with van der Waals surface area (Å²) in [4.78, 5) is 41.4. The molecule has 10 heteroatoms. The minimum Gasteiger partial charge on any atom is -0.465 e. The Morgan fingerprint density at radius 3 is 2.47 bits per heavy atom. The fourth-order valence-electron chi connectivity index (χ4n) is 3.04. The third-order valence-electron chi connectivity index (χ3n) is 4.52. The zero-order valence-corrected chi connectivity index (χ0v) is 18.1. The van der Waals surface area contributed by atoms with Crippen LogP contribution in [0.25, 0.3) is 11.0 Å². The molecule has 0 aliphatic rings. The first-order valence-corrected chi connectivity index (χ1v) is 10.5. The summed E-state index contributed by atoms with van der Waals surface area (Å²) in [5, 5.41) is 7.63. The van der Waals surface area contributed by atoms with Gasteiger partial charge in [0.25, 0.3) is 5.56 Å². The summed E-state index contributed by atoms with van der Waals surface area (Å²) in [6.45, 7) is 6.62. The van der Waals surface area contributed by atoms with Gasteiger partial charge >= 0.3 is 5.97 Å². The molecule has 0 spiro atoms. The first-order chi connectivity index (χ1) is 14.4. The summed E-state index contributed by atoms with van der Waals surface area (Å²) in [5.41, 5.74) is 2.53. The van der Waals surface area contributed by atoms with Crippen LogP contribution in [0.4, 0.5) is 5.69 Å². The second kappa shape index (κ2) is 9.12. The third-order valence-corrected chi connectivity index (χ3v) is 5.50. The highest BCUT2D eigenvalue weighted by Crippen LogP contribution is 2.20. The molecule has 1 aromatic carbocycles. The molecule has 158 valence electrons. The number of nitrogens with one attached hydrogen (secondary N) is 1. The summed E-state index contributed by atoms with van der Waals surface area (Å²) in [6, 6.07) is 6.41. The van der Waals surface area contributed by atoms with E-state index >= 15 is 0 Å². The normalized spacial score (nSPS) is 10.9. The predicted octanol–water partition coefficient (Wildman–Crippen LogP) is 2.46. The largest absolute Gasteiger partial charge is 0.465 e. The maximum Gasteiger partial charge on any atom is 0.337 e. The van der Waals surface area contributed by atoms with Gasteiger partial charge in [0.05, 0.1) is 24.1 Å². The number of ether oxygens (including phenoxy) is 1. The molecule has 0 radical (unpaired) electrons. The van der Waals surface area contributed by atoms with Crippen molar-refractivity contribution in [1.82, 2.24) is 19.3 Å². The topological polar surface area (TPSA) is 108 Å². The van der Waals surface area contributed by atoms with Crippen LogP contribution in [0.3, 0.4) is 0 Å². The van der Waals surface area contributed by atoms with E-state index in [1.807, 2.05) is 20.8 Å². The minimum atomic E-state index is -0.441. The van der Waals surface area contributed by atoms with Crippen molar-refractivity contribution in [3.8, 4) is 0 Å². The molecule has 2 heterocycles. The molecule has 0 aliphatic heterocycles. The summed E-state index contributed by atoms with van der Waals surface area (Å²) < 4.78 is 7.87. The molecule has 0 bridgehead atoms. The maximum absolute atomic E-state index is 12.9. The van der Waals surface area contributed by atoms with E-state index < -0.39 is 5.97 Å². The van der Waals surface area contributed by atoms with E-state index in [1.165, 1.54) is 18.9 Å². The Morgan fingerprint density at radius 2 is 1.87 bits per heavy atom. The Bertz CT molecular complexity index is 1150. The Hall–Kier alpha value is -3.14. The number of carbonyl (C=O) groups is 2. The lowest BCUT2D eigenvalue weighted by Crippen LogP contribution is -2.25. The van der Waals surface area contributed by atoms with Gasteiger partial charge in [-0.3, -0.25) is 18.8 Å². The van der Waals surface area contributed by atoms with Gasteiger partial charge in [0.15, 0.2) is 10.7 Å². The number of amides is 1. The van der Waals surface area contributed by atoms with E-state index in [-0.39, 0.29) is 17.2 Å². The van der Waals surface area contributed by atoms with E-state index in [0.717, 1.165) is 0 Å². The van der Waals surface area contributed by atoms with E-state index in [2.05, 4.69) is 20.1 Å².